The molecule has 3 aromatic carbocycles. The lowest BCUT2D eigenvalue weighted by Gasteiger charge is -2.30. The smallest absolute Gasteiger partial charge is 0.418 e. The molecule has 12 nitrogen and oxygen atoms in total. The second-order valence-electron chi connectivity index (χ2n) is 15.3. The zero-order valence-electron chi connectivity index (χ0n) is 34.4. The Kier molecular flexibility index (Phi) is 12.5. The van der Waals surface area contributed by atoms with Crippen LogP contribution in [0.3, 0.4) is 0 Å². The Morgan fingerprint density at radius 2 is 1.55 bits per heavy atom. The highest BCUT2D eigenvalue weighted by molar-refractivity contribution is 6.37. The summed E-state index contributed by atoms with van der Waals surface area (Å²) in [5, 5.41) is 1.79. The first-order valence-corrected chi connectivity index (χ1v) is 20.0. The van der Waals surface area contributed by atoms with E-state index in [1.165, 1.54) is 12.3 Å². The van der Waals surface area contributed by atoms with Gasteiger partial charge in [-0.2, -0.15) is 18.2 Å². The summed E-state index contributed by atoms with van der Waals surface area (Å²) in [7, 11) is 3.08. The number of rotatable bonds is 11. The number of hydrogen-bond acceptors (Lipinski definition) is 11. The lowest BCUT2D eigenvalue weighted by molar-refractivity contribution is -0.137. The molecule has 1 N–H and O–H groups in total. The molecule has 0 radical (unpaired) electrons. The van der Waals surface area contributed by atoms with Gasteiger partial charge in [0.2, 0.25) is 5.28 Å². The Morgan fingerprint density at radius 3 is 2.13 bits per heavy atom. The van der Waals surface area contributed by atoms with E-state index in [0.717, 1.165) is 17.2 Å². The van der Waals surface area contributed by atoms with Gasteiger partial charge in [-0.1, -0.05) is 41.9 Å². The number of carbonyl (C=O) groups is 1. The third kappa shape index (κ3) is 9.36. The summed E-state index contributed by atoms with van der Waals surface area (Å²) in [6.07, 6.45) is -4.23. The van der Waals surface area contributed by atoms with E-state index in [4.69, 9.17) is 42.1 Å². The Hall–Kier alpha value is -6.13. The highest BCUT2D eigenvalue weighted by Gasteiger charge is 2.39. The first kappa shape index (κ1) is 43.9. The molecule has 0 aliphatic carbocycles. The van der Waals surface area contributed by atoms with Crippen molar-refractivity contribution >= 4 is 57.7 Å². The molecule has 1 aliphatic heterocycles. The number of benzene rings is 3. The molecular formula is C44H41Cl2F4N7O5. The maximum absolute atomic E-state index is 17.4. The Balaban J connectivity index is 1.36. The molecule has 0 spiro atoms. The van der Waals surface area contributed by atoms with Gasteiger partial charge < -0.3 is 28.7 Å². The van der Waals surface area contributed by atoms with Crippen LogP contribution in [0.4, 0.5) is 39.8 Å². The molecule has 0 bridgehead atoms. The molecule has 7 rings (SSSR count). The van der Waals surface area contributed by atoms with Gasteiger partial charge in [-0.15, -0.1) is 0 Å². The number of halogens is 6. The van der Waals surface area contributed by atoms with Crippen molar-refractivity contribution in [1.82, 2.24) is 19.9 Å². The minimum absolute atomic E-state index is 0.0270. The number of alkyl halides is 3. The quantitative estimate of drug-likeness (QED) is 0.0987. The van der Waals surface area contributed by atoms with Crippen LogP contribution >= 0.6 is 23.2 Å². The maximum atomic E-state index is 17.4. The van der Waals surface area contributed by atoms with Crippen LogP contribution in [0.25, 0.3) is 22.2 Å². The molecule has 62 heavy (non-hydrogen) atoms. The van der Waals surface area contributed by atoms with Gasteiger partial charge in [-0.25, -0.2) is 24.1 Å². The Labute approximate surface area is 364 Å². The molecule has 1 amide bonds. The molecule has 3 aromatic heterocycles. The predicted octanol–water partition coefficient (Wildman–Crippen LogP) is 11.1. The second-order valence-corrected chi connectivity index (χ2v) is 16.0. The standard InChI is InChI=1S/C44H41Cl2F4N7O5/c1-24(29-8-7-19-51-39(29)54-42(58)62-43(2,3)4)57-20-21-61-38-33-37(53-41(46)55-40(33)57)35(47)32(34(38)45)36-30(44(48,49)50)17-18-31(52-36)56(22-25-9-13-27(59-5)14-10-25)23-26-11-15-28(60-6)16-12-26/h7-19,24H,20-23H2,1-6H3,(H,51,54,58)/t24-/m1/s1. The topological polar surface area (TPSA) is 124 Å². The molecule has 0 unspecified atom stereocenters. The molecule has 18 heteroatoms. The lowest BCUT2D eigenvalue weighted by Crippen LogP contribution is -2.32. The van der Waals surface area contributed by atoms with Gasteiger partial charge in [0.15, 0.2) is 11.6 Å². The number of ether oxygens (including phenoxy) is 4. The summed E-state index contributed by atoms with van der Waals surface area (Å²) < 4.78 is 84.6. The minimum Gasteiger partial charge on any atom is -0.497 e. The van der Waals surface area contributed by atoms with Gasteiger partial charge in [0.25, 0.3) is 0 Å². The van der Waals surface area contributed by atoms with Gasteiger partial charge in [-0.05, 0) is 92.9 Å². The van der Waals surface area contributed by atoms with Gasteiger partial charge >= 0.3 is 12.3 Å². The monoisotopic (exact) mass is 893 g/mol. The Morgan fingerprint density at radius 1 is 0.919 bits per heavy atom. The summed E-state index contributed by atoms with van der Waals surface area (Å²) in [4.78, 5) is 33.8. The molecule has 6 aromatic rings. The van der Waals surface area contributed by atoms with E-state index < -0.39 is 62.4 Å². The molecule has 1 atom stereocenters. The summed E-state index contributed by atoms with van der Waals surface area (Å²) in [5.41, 5.74) is -1.82. The predicted molar refractivity (Wildman–Crippen MR) is 229 cm³/mol. The van der Waals surface area contributed by atoms with E-state index in [1.807, 2.05) is 24.3 Å². The number of hydrogen-bond donors (Lipinski definition) is 1. The molecular weight excluding hydrogens is 853 g/mol. The number of pyridine rings is 2. The molecule has 0 saturated heterocycles. The van der Waals surface area contributed by atoms with Gasteiger partial charge in [0.05, 0.1) is 54.0 Å². The van der Waals surface area contributed by atoms with Crippen molar-refractivity contribution in [2.75, 3.05) is 42.5 Å². The van der Waals surface area contributed by atoms with Crippen LogP contribution in [0, 0.1) is 5.82 Å². The number of nitrogens with zero attached hydrogens (tertiary/aromatic N) is 6. The molecule has 0 fully saturated rings. The van der Waals surface area contributed by atoms with E-state index in [9.17, 15) is 18.0 Å². The van der Waals surface area contributed by atoms with E-state index in [2.05, 4.69) is 25.3 Å². The minimum atomic E-state index is -4.99. The zero-order chi connectivity index (χ0) is 44.5. The first-order chi connectivity index (χ1) is 29.4. The zero-order valence-corrected chi connectivity index (χ0v) is 35.9. The summed E-state index contributed by atoms with van der Waals surface area (Å²) in [6.45, 7) is 7.40. The van der Waals surface area contributed by atoms with Crippen LogP contribution in [0.2, 0.25) is 10.3 Å². The molecule has 324 valence electrons. The highest BCUT2D eigenvalue weighted by Crippen LogP contribution is 2.50. The summed E-state index contributed by atoms with van der Waals surface area (Å²) in [5.74, 6) is 0.225. The average Bonchev–Trinajstić information content (AvgIpc) is 3.42. The molecule has 4 heterocycles. The van der Waals surface area contributed by atoms with Gasteiger partial charge in [-0.3, -0.25) is 5.32 Å². The SMILES string of the molecule is COc1ccc(CN(Cc2ccc(OC)cc2)c2ccc(C(F)(F)F)c(-c3c(Cl)c4c5c(nc(Cl)nc5c3F)N([C@H](C)c3cccnc3NC(=O)OC(C)(C)C)CCO4)n2)cc1. The fourth-order valence-corrected chi connectivity index (χ4v) is 7.59. The van der Waals surface area contributed by atoms with Crippen molar-refractivity contribution in [2.45, 2.75) is 58.6 Å². The average molecular weight is 895 g/mol. The van der Waals surface area contributed by atoms with E-state index in [1.54, 1.807) is 88.1 Å². The van der Waals surface area contributed by atoms with Crippen molar-refractivity contribution in [1.29, 1.82) is 0 Å². The first-order valence-electron chi connectivity index (χ1n) is 19.3. The maximum Gasteiger partial charge on any atom is 0.418 e. The van der Waals surface area contributed by atoms with Crippen LogP contribution in [0.15, 0.2) is 79.0 Å². The number of nitrogens with one attached hydrogen (secondary N) is 1. The number of amides is 1. The highest BCUT2D eigenvalue weighted by atomic mass is 35.5. The second kappa shape index (κ2) is 17.7. The fraction of sp³-hybridized carbons (Fsp3) is 0.295. The largest absolute Gasteiger partial charge is 0.497 e. The van der Waals surface area contributed by atoms with Crippen LogP contribution in [0.1, 0.15) is 56.0 Å². The summed E-state index contributed by atoms with van der Waals surface area (Å²) >= 11 is 13.5. The van der Waals surface area contributed by atoms with Crippen LogP contribution < -0.4 is 29.3 Å². The van der Waals surface area contributed by atoms with Crippen molar-refractivity contribution < 1.29 is 41.3 Å². The van der Waals surface area contributed by atoms with Crippen molar-refractivity contribution in [3.63, 3.8) is 0 Å². The number of aromatic nitrogens is 4. The number of methoxy groups -OCH3 is 2. The Bertz CT molecular complexity index is 2560. The van der Waals surface area contributed by atoms with Crippen molar-refractivity contribution in [2.24, 2.45) is 0 Å². The van der Waals surface area contributed by atoms with Crippen LogP contribution in [-0.2, 0) is 24.0 Å². The van der Waals surface area contributed by atoms with E-state index in [0.29, 0.717) is 17.1 Å². The lowest BCUT2D eigenvalue weighted by atomic mass is 10.0. The van der Waals surface area contributed by atoms with Gasteiger partial charge in [0.1, 0.15) is 46.7 Å². The van der Waals surface area contributed by atoms with Gasteiger partial charge in [0, 0.05) is 24.8 Å². The third-order valence-electron chi connectivity index (χ3n) is 9.97. The van der Waals surface area contributed by atoms with Crippen molar-refractivity contribution in [3.05, 3.63) is 117 Å². The molecule has 1 aliphatic rings. The normalized spacial score (nSPS) is 13.3. The van der Waals surface area contributed by atoms with Crippen molar-refractivity contribution in [3.8, 4) is 28.5 Å². The molecule has 0 saturated carbocycles. The third-order valence-corrected chi connectivity index (χ3v) is 10.5. The number of anilines is 3. The summed E-state index contributed by atoms with van der Waals surface area (Å²) in [6, 6.07) is 19.2. The van der Waals surface area contributed by atoms with E-state index in [-0.39, 0.29) is 54.8 Å². The van der Waals surface area contributed by atoms with E-state index >= 15 is 4.39 Å². The van der Waals surface area contributed by atoms with Crippen LogP contribution in [0.5, 0.6) is 17.2 Å². The number of carbonyl (C=O) groups excluding carboxylic acids is 1. The fourth-order valence-electron chi connectivity index (χ4n) is 7.10. The van der Waals surface area contributed by atoms with Crippen LogP contribution in [-0.4, -0.2) is 59.0 Å².